The summed E-state index contributed by atoms with van der Waals surface area (Å²) in [7, 11) is -3.57. The second-order valence-corrected chi connectivity index (χ2v) is 7.39. The molecule has 0 aromatic heterocycles. The van der Waals surface area contributed by atoms with Crippen molar-refractivity contribution in [1.29, 1.82) is 0 Å². The standard InChI is InChI=1S/C18H30O3S.Fe/c1-2-3-4-5-6-7-8-9-10-14-17-21-22(19,20)18-15-12-11-13-16-18;/h11-13,15-16H,2-10,14,17H2,1H3;/q;+3. The molecule has 0 saturated heterocycles. The van der Waals surface area contributed by atoms with Crippen LogP contribution in [0.2, 0.25) is 0 Å². The second kappa shape index (κ2) is 14.0. The molecule has 0 aliphatic heterocycles. The third-order valence-electron chi connectivity index (χ3n) is 3.77. The SMILES string of the molecule is CCCCCCCCCCCCOS(=O)(=O)c1ccccc1.[Fe+3]. The monoisotopic (exact) mass is 382 g/mol. The van der Waals surface area contributed by atoms with E-state index in [1.807, 2.05) is 0 Å². The third kappa shape index (κ3) is 10.9. The zero-order valence-corrected chi connectivity index (χ0v) is 16.1. The van der Waals surface area contributed by atoms with Crippen LogP contribution in [0.3, 0.4) is 0 Å². The minimum Gasteiger partial charge on any atom is -0.266 e. The van der Waals surface area contributed by atoms with Crippen molar-refractivity contribution >= 4 is 10.1 Å². The number of benzene rings is 1. The van der Waals surface area contributed by atoms with Gasteiger partial charge in [-0.2, -0.15) is 8.42 Å². The van der Waals surface area contributed by atoms with Gasteiger partial charge in [0.1, 0.15) is 0 Å². The minimum absolute atomic E-state index is 0. The Labute approximate surface area is 152 Å². The van der Waals surface area contributed by atoms with Gasteiger partial charge in [0.05, 0.1) is 11.5 Å². The molecule has 1 aromatic carbocycles. The van der Waals surface area contributed by atoms with Gasteiger partial charge in [0, 0.05) is 0 Å². The third-order valence-corrected chi connectivity index (χ3v) is 5.09. The molecule has 0 heterocycles. The summed E-state index contributed by atoms with van der Waals surface area (Å²) in [6.07, 6.45) is 12.3. The summed E-state index contributed by atoms with van der Waals surface area (Å²) in [5.74, 6) is 0. The van der Waals surface area contributed by atoms with Crippen molar-refractivity contribution in [1.82, 2.24) is 0 Å². The Morgan fingerprint density at radius 3 is 1.78 bits per heavy atom. The molecule has 0 unspecified atom stereocenters. The smallest absolute Gasteiger partial charge is 0.266 e. The summed E-state index contributed by atoms with van der Waals surface area (Å²) in [4.78, 5) is 0.238. The van der Waals surface area contributed by atoms with Gasteiger partial charge >= 0.3 is 17.1 Å². The Kier molecular flexibility index (Phi) is 13.8. The molecule has 0 amide bonds. The van der Waals surface area contributed by atoms with Crippen LogP contribution in [-0.2, 0) is 31.4 Å². The van der Waals surface area contributed by atoms with E-state index in [9.17, 15) is 8.42 Å². The fraction of sp³-hybridized carbons (Fsp3) is 0.667. The molecular weight excluding hydrogens is 352 g/mol. The van der Waals surface area contributed by atoms with Crippen LogP contribution in [-0.4, -0.2) is 15.0 Å². The molecule has 131 valence electrons. The Hall–Kier alpha value is -0.351. The first-order valence-electron chi connectivity index (χ1n) is 8.61. The number of hydrogen-bond donors (Lipinski definition) is 0. The molecule has 23 heavy (non-hydrogen) atoms. The first kappa shape index (κ1) is 22.6. The van der Waals surface area contributed by atoms with Crippen LogP contribution in [0.25, 0.3) is 0 Å². The molecule has 1 rings (SSSR count). The van der Waals surface area contributed by atoms with Crippen molar-refractivity contribution in [2.45, 2.75) is 76.0 Å². The summed E-state index contributed by atoms with van der Waals surface area (Å²) in [6, 6.07) is 8.33. The van der Waals surface area contributed by atoms with Crippen LogP contribution >= 0.6 is 0 Å². The second-order valence-electron chi connectivity index (χ2n) is 5.77. The van der Waals surface area contributed by atoms with Gasteiger partial charge in [-0.1, -0.05) is 82.9 Å². The van der Waals surface area contributed by atoms with E-state index in [0.717, 1.165) is 12.8 Å². The average Bonchev–Trinajstić information content (AvgIpc) is 2.53. The largest absolute Gasteiger partial charge is 3.00 e. The Morgan fingerprint density at radius 1 is 0.783 bits per heavy atom. The van der Waals surface area contributed by atoms with Gasteiger partial charge in [0.25, 0.3) is 10.1 Å². The Bertz CT molecular complexity index is 474. The molecular formula is C18H30FeO3S+3. The van der Waals surface area contributed by atoms with E-state index in [-0.39, 0.29) is 28.6 Å². The summed E-state index contributed by atoms with van der Waals surface area (Å²) < 4.78 is 28.8. The van der Waals surface area contributed by atoms with Gasteiger partial charge in [-0.25, -0.2) is 0 Å². The van der Waals surface area contributed by atoms with Crippen LogP contribution in [0.4, 0.5) is 0 Å². The molecule has 3 nitrogen and oxygen atoms in total. The zero-order chi connectivity index (χ0) is 16.1. The zero-order valence-electron chi connectivity index (χ0n) is 14.2. The van der Waals surface area contributed by atoms with Gasteiger partial charge in [-0.15, -0.1) is 0 Å². The molecule has 5 heteroatoms. The molecule has 0 aliphatic carbocycles. The first-order chi connectivity index (χ1) is 10.7. The van der Waals surface area contributed by atoms with E-state index in [1.165, 1.54) is 51.4 Å². The number of hydrogen-bond acceptors (Lipinski definition) is 3. The predicted molar refractivity (Wildman–Crippen MR) is 91.4 cm³/mol. The van der Waals surface area contributed by atoms with Crippen LogP contribution in [0.15, 0.2) is 35.2 Å². The maximum absolute atomic E-state index is 11.9. The molecule has 1 aromatic rings. The number of unbranched alkanes of at least 4 members (excludes halogenated alkanes) is 9. The fourth-order valence-electron chi connectivity index (χ4n) is 2.41. The summed E-state index contributed by atoms with van der Waals surface area (Å²) >= 11 is 0. The van der Waals surface area contributed by atoms with Crippen LogP contribution < -0.4 is 0 Å². The summed E-state index contributed by atoms with van der Waals surface area (Å²) in [5.41, 5.74) is 0. The predicted octanol–water partition coefficient (Wildman–Crippen LogP) is 5.31. The van der Waals surface area contributed by atoms with E-state index in [2.05, 4.69) is 6.92 Å². The normalized spacial score (nSPS) is 11.2. The molecule has 0 N–H and O–H groups in total. The average molecular weight is 382 g/mol. The van der Waals surface area contributed by atoms with Crippen molar-refractivity contribution in [3.63, 3.8) is 0 Å². The van der Waals surface area contributed by atoms with Gasteiger partial charge < -0.3 is 0 Å². The fourth-order valence-corrected chi connectivity index (χ4v) is 3.38. The topological polar surface area (TPSA) is 43.4 Å². The quantitative estimate of drug-likeness (QED) is 0.264. The summed E-state index contributed by atoms with van der Waals surface area (Å²) in [5, 5.41) is 0. The molecule has 0 saturated carbocycles. The van der Waals surface area contributed by atoms with Crippen LogP contribution in [0, 0.1) is 0 Å². The van der Waals surface area contributed by atoms with Crippen molar-refractivity contribution in [2.75, 3.05) is 6.61 Å². The van der Waals surface area contributed by atoms with Crippen molar-refractivity contribution in [3.05, 3.63) is 30.3 Å². The van der Waals surface area contributed by atoms with Crippen molar-refractivity contribution < 1.29 is 29.7 Å². The molecule has 0 fully saturated rings. The van der Waals surface area contributed by atoms with Crippen LogP contribution in [0.5, 0.6) is 0 Å². The molecule has 0 bridgehead atoms. The van der Waals surface area contributed by atoms with Crippen LogP contribution in [0.1, 0.15) is 71.1 Å². The maximum atomic E-state index is 11.9. The van der Waals surface area contributed by atoms with Gasteiger partial charge in [0.15, 0.2) is 0 Å². The van der Waals surface area contributed by atoms with E-state index >= 15 is 0 Å². The molecule has 1 radical (unpaired) electrons. The first-order valence-corrected chi connectivity index (χ1v) is 10.0. The molecule has 0 spiro atoms. The van der Waals surface area contributed by atoms with Crippen molar-refractivity contribution in [2.24, 2.45) is 0 Å². The Balaban J connectivity index is 0.00000484. The molecule has 0 aliphatic rings. The Morgan fingerprint density at radius 2 is 1.26 bits per heavy atom. The minimum atomic E-state index is -3.57. The van der Waals surface area contributed by atoms with E-state index in [1.54, 1.807) is 30.3 Å². The van der Waals surface area contributed by atoms with Gasteiger partial charge in [0.2, 0.25) is 0 Å². The number of rotatable bonds is 13. The van der Waals surface area contributed by atoms with E-state index in [0.29, 0.717) is 0 Å². The summed E-state index contributed by atoms with van der Waals surface area (Å²) in [6.45, 7) is 2.52. The van der Waals surface area contributed by atoms with Gasteiger partial charge in [-0.05, 0) is 18.6 Å². The van der Waals surface area contributed by atoms with E-state index < -0.39 is 10.1 Å². The van der Waals surface area contributed by atoms with Gasteiger partial charge in [-0.3, -0.25) is 4.18 Å². The maximum Gasteiger partial charge on any atom is 3.00 e. The molecule has 0 atom stereocenters. The van der Waals surface area contributed by atoms with E-state index in [4.69, 9.17) is 4.18 Å². The van der Waals surface area contributed by atoms with Crippen molar-refractivity contribution in [3.8, 4) is 0 Å².